The summed E-state index contributed by atoms with van der Waals surface area (Å²) in [6.07, 6.45) is 6.55. The molecule has 4 heteroatoms. The van der Waals surface area contributed by atoms with E-state index >= 15 is 0 Å². The summed E-state index contributed by atoms with van der Waals surface area (Å²) in [5.74, 6) is 0. The van der Waals surface area contributed by atoms with Crippen LogP contribution in [0.4, 0.5) is 0 Å². The van der Waals surface area contributed by atoms with Gasteiger partial charge in [-0.25, -0.2) is 0 Å². The summed E-state index contributed by atoms with van der Waals surface area (Å²) in [4.78, 5) is 2.56. The van der Waals surface area contributed by atoms with E-state index in [1.165, 1.54) is 31.5 Å². The Bertz CT molecular complexity index is 337. The zero-order valence-corrected chi connectivity index (χ0v) is 11.2. The molecule has 17 heavy (non-hydrogen) atoms. The van der Waals surface area contributed by atoms with Gasteiger partial charge in [0.25, 0.3) is 0 Å². The summed E-state index contributed by atoms with van der Waals surface area (Å²) in [5, 5.41) is 7.81. The van der Waals surface area contributed by atoms with Crippen LogP contribution >= 0.6 is 0 Å². The van der Waals surface area contributed by atoms with Crippen molar-refractivity contribution in [2.24, 2.45) is 7.05 Å². The molecule has 0 amide bonds. The second-order valence-corrected chi connectivity index (χ2v) is 5.31. The van der Waals surface area contributed by atoms with Crippen LogP contribution in [-0.4, -0.2) is 39.9 Å². The van der Waals surface area contributed by atoms with Crippen LogP contribution in [0.2, 0.25) is 0 Å². The van der Waals surface area contributed by atoms with Crippen LogP contribution in [0.1, 0.15) is 32.3 Å². The van der Waals surface area contributed by atoms with Crippen molar-refractivity contribution in [1.82, 2.24) is 20.0 Å². The van der Waals surface area contributed by atoms with Crippen molar-refractivity contribution in [3.63, 3.8) is 0 Å². The third-order valence-electron chi connectivity index (χ3n) is 3.61. The summed E-state index contributed by atoms with van der Waals surface area (Å²) >= 11 is 0. The Balaban J connectivity index is 1.71. The molecule has 1 N–H and O–H groups in total. The molecular weight excluding hydrogens is 212 g/mol. The Morgan fingerprint density at radius 2 is 2.12 bits per heavy atom. The quantitative estimate of drug-likeness (QED) is 0.857. The van der Waals surface area contributed by atoms with Gasteiger partial charge in [-0.15, -0.1) is 0 Å². The summed E-state index contributed by atoms with van der Waals surface area (Å²) in [6, 6.07) is 1.36. The maximum Gasteiger partial charge on any atom is 0.0534 e. The van der Waals surface area contributed by atoms with Crippen LogP contribution in [0, 0.1) is 0 Å². The fourth-order valence-electron chi connectivity index (χ4n) is 2.45. The van der Waals surface area contributed by atoms with Crippen molar-refractivity contribution in [1.29, 1.82) is 0 Å². The van der Waals surface area contributed by atoms with Gasteiger partial charge in [0.2, 0.25) is 0 Å². The summed E-state index contributed by atoms with van der Waals surface area (Å²) < 4.78 is 1.86. The molecule has 0 spiro atoms. The SMILES string of the molecule is CC(C)N1CCC(NCc2cnn(C)c2)CC1. The Morgan fingerprint density at radius 3 is 2.65 bits per heavy atom. The lowest BCUT2D eigenvalue weighted by Crippen LogP contribution is -2.44. The molecule has 1 saturated heterocycles. The second-order valence-electron chi connectivity index (χ2n) is 5.31. The molecule has 1 fully saturated rings. The molecule has 0 saturated carbocycles. The first kappa shape index (κ1) is 12.6. The van der Waals surface area contributed by atoms with Crippen LogP contribution in [-0.2, 0) is 13.6 Å². The van der Waals surface area contributed by atoms with Gasteiger partial charge in [-0.3, -0.25) is 4.68 Å². The number of rotatable bonds is 4. The van der Waals surface area contributed by atoms with Gasteiger partial charge in [0.1, 0.15) is 0 Å². The maximum absolute atomic E-state index is 4.18. The third-order valence-corrected chi connectivity index (χ3v) is 3.61. The summed E-state index contributed by atoms with van der Waals surface area (Å²) in [6.45, 7) is 7.96. The normalized spacial score (nSPS) is 19.1. The Morgan fingerprint density at radius 1 is 1.41 bits per heavy atom. The first-order valence-corrected chi connectivity index (χ1v) is 6.60. The fourth-order valence-corrected chi connectivity index (χ4v) is 2.45. The molecule has 0 aromatic carbocycles. The molecule has 2 rings (SSSR count). The first-order chi connectivity index (χ1) is 8.15. The molecule has 1 aliphatic rings. The van der Waals surface area contributed by atoms with Crippen LogP contribution in [0.3, 0.4) is 0 Å². The molecule has 96 valence electrons. The molecule has 1 aromatic heterocycles. The van der Waals surface area contributed by atoms with Crippen LogP contribution in [0.25, 0.3) is 0 Å². The molecular formula is C13H24N4. The van der Waals surface area contributed by atoms with Crippen LogP contribution < -0.4 is 5.32 Å². The smallest absolute Gasteiger partial charge is 0.0534 e. The van der Waals surface area contributed by atoms with Crippen molar-refractivity contribution in [3.8, 4) is 0 Å². The Labute approximate surface area is 104 Å². The lowest BCUT2D eigenvalue weighted by atomic mass is 10.0. The first-order valence-electron chi connectivity index (χ1n) is 6.60. The van der Waals surface area contributed by atoms with Gasteiger partial charge >= 0.3 is 0 Å². The van der Waals surface area contributed by atoms with Gasteiger partial charge in [-0.2, -0.15) is 5.10 Å². The van der Waals surface area contributed by atoms with Gasteiger partial charge in [0.05, 0.1) is 6.20 Å². The molecule has 4 nitrogen and oxygen atoms in total. The summed E-state index contributed by atoms with van der Waals surface area (Å²) in [5.41, 5.74) is 1.28. The largest absolute Gasteiger partial charge is 0.310 e. The van der Waals surface area contributed by atoms with E-state index in [4.69, 9.17) is 0 Å². The molecule has 0 unspecified atom stereocenters. The maximum atomic E-state index is 4.18. The molecule has 0 bridgehead atoms. The number of aromatic nitrogens is 2. The molecule has 1 aliphatic heterocycles. The molecule has 0 aliphatic carbocycles. The molecule has 0 atom stereocenters. The fraction of sp³-hybridized carbons (Fsp3) is 0.769. The lowest BCUT2D eigenvalue weighted by molar-refractivity contribution is 0.161. The predicted octanol–water partition coefficient (Wildman–Crippen LogP) is 1.38. The lowest BCUT2D eigenvalue weighted by Gasteiger charge is -2.34. The van der Waals surface area contributed by atoms with Crippen LogP contribution in [0.5, 0.6) is 0 Å². The Hall–Kier alpha value is -0.870. The zero-order chi connectivity index (χ0) is 12.3. The second kappa shape index (κ2) is 5.65. The highest BCUT2D eigenvalue weighted by atomic mass is 15.2. The van der Waals surface area contributed by atoms with E-state index in [2.05, 4.69) is 35.4 Å². The average molecular weight is 236 g/mol. The molecule has 0 radical (unpaired) electrons. The van der Waals surface area contributed by atoms with Crippen molar-refractivity contribution in [3.05, 3.63) is 18.0 Å². The standard InChI is InChI=1S/C13H24N4/c1-11(2)17-6-4-13(5-7-17)14-8-12-9-15-16(3)10-12/h9-11,13-14H,4-8H2,1-3H3. The number of hydrogen-bond donors (Lipinski definition) is 1. The third kappa shape index (κ3) is 3.54. The Kier molecular flexibility index (Phi) is 4.18. The number of aryl methyl sites for hydroxylation is 1. The van der Waals surface area contributed by atoms with E-state index in [0.717, 1.165) is 6.54 Å². The van der Waals surface area contributed by atoms with Crippen molar-refractivity contribution in [2.75, 3.05) is 13.1 Å². The van der Waals surface area contributed by atoms with Gasteiger partial charge in [-0.1, -0.05) is 0 Å². The van der Waals surface area contributed by atoms with E-state index in [-0.39, 0.29) is 0 Å². The molecule has 1 aromatic rings. The minimum Gasteiger partial charge on any atom is -0.310 e. The van der Waals surface area contributed by atoms with Crippen molar-refractivity contribution < 1.29 is 0 Å². The topological polar surface area (TPSA) is 33.1 Å². The van der Waals surface area contributed by atoms with Gasteiger partial charge < -0.3 is 10.2 Å². The predicted molar refractivity (Wildman–Crippen MR) is 69.8 cm³/mol. The van der Waals surface area contributed by atoms with E-state index in [0.29, 0.717) is 12.1 Å². The monoisotopic (exact) mass is 236 g/mol. The minimum absolute atomic E-state index is 0.671. The van der Waals surface area contributed by atoms with E-state index in [9.17, 15) is 0 Å². The van der Waals surface area contributed by atoms with Crippen molar-refractivity contribution in [2.45, 2.75) is 45.3 Å². The average Bonchev–Trinajstić information content (AvgIpc) is 2.73. The van der Waals surface area contributed by atoms with Gasteiger partial charge in [0.15, 0.2) is 0 Å². The molecule has 2 heterocycles. The minimum atomic E-state index is 0.671. The number of likely N-dealkylation sites (tertiary alicyclic amines) is 1. The highest BCUT2D eigenvalue weighted by molar-refractivity contribution is 5.03. The zero-order valence-electron chi connectivity index (χ0n) is 11.2. The summed E-state index contributed by atoms with van der Waals surface area (Å²) in [7, 11) is 1.96. The number of nitrogens with zero attached hydrogens (tertiary/aromatic N) is 3. The van der Waals surface area contributed by atoms with E-state index < -0.39 is 0 Å². The van der Waals surface area contributed by atoms with Crippen molar-refractivity contribution >= 4 is 0 Å². The number of hydrogen-bond acceptors (Lipinski definition) is 3. The number of nitrogens with one attached hydrogen (secondary N) is 1. The highest BCUT2D eigenvalue weighted by Gasteiger charge is 2.20. The van der Waals surface area contributed by atoms with Crippen LogP contribution in [0.15, 0.2) is 12.4 Å². The van der Waals surface area contributed by atoms with Gasteiger partial charge in [-0.05, 0) is 39.8 Å². The highest BCUT2D eigenvalue weighted by Crippen LogP contribution is 2.13. The van der Waals surface area contributed by atoms with E-state index in [1.54, 1.807) is 0 Å². The number of piperidine rings is 1. The van der Waals surface area contributed by atoms with E-state index in [1.807, 2.05) is 17.9 Å². The van der Waals surface area contributed by atoms with Gasteiger partial charge in [0, 0.05) is 37.4 Å².